The van der Waals surface area contributed by atoms with Crippen LogP contribution in [0.3, 0.4) is 0 Å². The summed E-state index contributed by atoms with van der Waals surface area (Å²) in [5.41, 5.74) is 3.99. The van der Waals surface area contributed by atoms with Crippen LogP contribution in [0.15, 0.2) is 48.5 Å². The van der Waals surface area contributed by atoms with E-state index in [0.717, 1.165) is 47.9 Å². The maximum Gasteiger partial charge on any atom is 0.411 e. The van der Waals surface area contributed by atoms with Gasteiger partial charge in [0.2, 0.25) is 0 Å². The SMILES string of the molecule is COC(=O)N(C1c2ccccc2-c2ccccc21)[C@@H](CC1CCCC1)C(=O)O. The minimum atomic E-state index is -0.973. The second-order valence-corrected chi connectivity index (χ2v) is 7.69. The standard InChI is InChI=1S/C23H25NO4/c1-28-23(27)24(20(22(25)26)14-15-8-2-3-9-15)21-18-12-6-4-10-16(18)17-11-5-7-13-19(17)21/h4-7,10-13,15,20-21H,2-3,8-9,14H2,1H3,(H,25,26)/t20-/m0/s1. The van der Waals surface area contributed by atoms with Crippen LogP contribution in [0.4, 0.5) is 4.79 Å². The molecule has 5 heteroatoms. The third-order valence-corrected chi connectivity index (χ3v) is 6.12. The van der Waals surface area contributed by atoms with Gasteiger partial charge in [-0.25, -0.2) is 9.59 Å². The number of carboxylic acids is 1. The molecule has 1 N–H and O–H groups in total. The van der Waals surface area contributed by atoms with E-state index in [0.29, 0.717) is 12.3 Å². The Morgan fingerprint density at radius 1 is 1.04 bits per heavy atom. The summed E-state index contributed by atoms with van der Waals surface area (Å²) in [6, 6.07) is 14.4. The molecule has 0 bridgehead atoms. The summed E-state index contributed by atoms with van der Waals surface area (Å²) in [5, 5.41) is 10.1. The van der Waals surface area contributed by atoms with Crippen LogP contribution in [0.1, 0.15) is 49.3 Å². The lowest BCUT2D eigenvalue weighted by molar-refractivity contribution is -0.144. The van der Waals surface area contributed by atoms with Crippen molar-refractivity contribution in [3.05, 3.63) is 59.7 Å². The van der Waals surface area contributed by atoms with E-state index in [1.54, 1.807) is 0 Å². The predicted molar refractivity (Wildman–Crippen MR) is 106 cm³/mol. The first-order chi connectivity index (χ1) is 13.6. The third kappa shape index (κ3) is 3.15. The molecule has 1 saturated carbocycles. The first-order valence-electron chi connectivity index (χ1n) is 9.89. The first-order valence-corrected chi connectivity index (χ1v) is 9.89. The van der Waals surface area contributed by atoms with E-state index in [1.165, 1.54) is 12.0 Å². The fourth-order valence-electron chi connectivity index (χ4n) is 4.84. The zero-order valence-corrected chi connectivity index (χ0v) is 16.0. The summed E-state index contributed by atoms with van der Waals surface area (Å²) in [6.07, 6.45) is 4.18. The topological polar surface area (TPSA) is 66.8 Å². The van der Waals surface area contributed by atoms with Crippen molar-refractivity contribution in [1.29, 1.82) is 0 Å². The summed E-state index contributed by atoms with van der Waals surface area (Å²) in [4.78, 5) is 26.6. The lowest BCUT2D eigenvalue weighted by atomic mass is 9.94. The van der Waals surface area contributed by atoms with Gasteiger partial charge in [-0.2, -0.15) is 0 Å². The molecule has 2 aromatic rings. The molecule has 0 heterocycles. The van der Waals surface area contributed by atoms with E-state index in [9.17, 15) is 14.7 Å². The van der Waals surface area contributed by atoms with Gasteiger partial charge < -0.3 is 9.84 Å². The lowest BCUT2D eigenvalue weighted by Crippen LogP contribution is -2.47. The maximum atomic E-state index is 12.9. The van der Waals surface area contributed by atoms with Gasteiger partial charge in [0.15, 0.2) is 0 Å². The van der Waals surface area contributed by atoms with Crippen LogP contribution in [-0.2, 0) is 9.53 Å². The van der Waals surface area contributed by atoms with E-state index < -0.39 is 24.1 Å². The minimum Gasteiger partial charge on any atom is -0.480 e. The molecule has 0 unspecified atom stereocenters. The largest absolute Gasteiger partial charge is 0.480 e. The van der Waals surface area contributed by atoms with Crippen molar-refractivity contribution >= 4 is 12.1 Å². The average Bonchev–Trinajstić information content (AvgIpc) is 3.34. The first kappa shape index (κ1) is 18.5. The summed E-state index contributed by atoms with van der Waals surface area (Å²) in [5.74, 6) is -0.640. The van der Waals surface area contributed by atoms with Crippen LogP contribution in [-0.4, -0.2) is 35.2 Å². The molecule has 1 atom stereocenters. The molecular weight excluding hydrogens is 354 g/mol. The van der Waals surface area contributed by atoms with E-state index in [1.807, 2.05) is 48.5 Å². The number of aliphatic carboxylic acids is 1. The van der Waals surface area contributed by atoms with Gasteiger partial charge in [-0.1, -0.05) is 74.2 Å². The average molecular weight is 379 g/mol. The number of carbonyl (C=O) groups is 2. The van der Waals surface area contributed by atoms with Gasteiger partial charge in [0.25, 0.3) is 0 Å². The summed E-state index contributed by atoms with van der Waals surface area (Å²) in [6.45, 7) is 0. The Morgan fingerprint density at radius 3 is 2.07 bits per heavy atom. The fraction of sp³-hybridized carbons (Fsp3) is 0.391. The maximum absolute atomic E-state index is 12.9. The van der Waals surface area contributed by atoms with Crippen LogP contribution in [0.2, 0.25) is 0 Å². The number of carboxylic acid groups (broad SMARTS) is 1. The number of carbonyl (C=O) groups excluding carboxylic acids is 1. The van der Waals surface area contributed by atoms with Gasteiger partial charge in [-0.05, 0) is 34.6 Å². The Bertz CT molecular complexity index is 842. The monoisotopic (exact) mass is 379 g/mol. The number of fused-ring (bicyclic) bond motifs is 3. The normalized spacial score (nSPS) is 17.0. The third-order valence-electron chi connectivity index (χ3n) is 6.12. The zero-order valence-electron chi connectivity index (χ0n) is 16.0. The number of ether oxygens (including phenoxy) is 1. The molecule has 0 aliphatic heterocycles. The molecule has 5 nitrogen and oxygen atoms in total. The van der Waals surface area contributed by atoms with E-state index in [4.69, 9.17) is 4.74 Å². The second-order valence-electron chi connectivity index (χ2n) is 7.69. The number of rotatable bonds is 5. The summed E-state index contributed by atoms with van der Waals surface area (Å²) < 4.78 is 5.07. The number of nitrogens with zero attached hydrogens (tertiary/aromatic N) is 1. The number of benzene rings is 2. The van der Waals surface area contributed by atoms with Crippen molar-refractivity contribution < 1.29 is 19.4 Å². The number of hydrogen-bond acceptors (Lipinski definition) is 3. The molecule has 0 spiro atoms. The van der Waals surface area contributed by atoms with Crippen molar-refractivity contribution in [2.75, 3.05) is 7.11 Å². The van der Waals surface area contributed by atoms with Crippen LogP contribution >= 0.6 is 0 Å². The Labute approximate surface area is 164 Å². The zero-order chi connectivity index (χ0) is 19.7. The molecule has 2 aliphatic carbocycles. The summed E-state index contributed by atoms with van der Waals surface area (Å²) >= 11 is 0. The van der Waals surface area contributed by atoms with Crippen LogP contribution in [0.25, 0.3) is 11.1 Å². The van der Waals surface area contributed by atoms with Gasteiger partial charge in [0.05, 0.1) is 13.2 Å². The van der Waals surface area contributed by atoms with Crippen molar-refractivity contribution in [2.24, 2.45) is 5.92 Å². The van der Waals surface area contributed by atoms with E-state index >= 15 is 0 Å². The summed E-state index contributed by atoms with van der Waals surface area (Å²) in [7, 11) is 1.32. The van der Waals surface area contributed by atoms with E-state index in [-0.39, 0.29) is 0 Å². The molecule has 0 radical (unpaired) electrons. The van der Waals surface area contributed by atoms with Gasteiger partial charge >= 0.3 is 12.1 Å². The van der Waals surface area contributed by atoms with Gasteiger partial charge in [-0.3, -0.25) is 4.90 Å². The molecule has 2 aliphatic rings. The Hall–Kier alpha value is -2.82. The molecule has 1 amide bonds. The smallest absolute Gasteiger partial charge is 0.411 e. The van der Waals surface area contributed by atoms with Crippen molar-refractivity contribution in [2.45, 2.75) is 44.2 Å². The van der Waals surface area contributed by atoms with Crippen LogP contribution < -0.4 is 0 Å². The van der Waals surface area contributed by atoms with Crippen LogP contribution in [0, 0.1) is 5.92 Å². The predicted octanol–water partition coefficient (Wildman–Crippen LogP) is 4.86. The van der Waals surface area contributed by atoms with Gasteiger partial charge in [0, 0.05) is 0 Å². The molecule has 28 heavy (non-hydrogen) atoms. The minimum absolute atomic E-state index is 0.333. The molecule has 2 aromatic carbocycles. The van der Waals surface area contributed by atoms with Crippen molar-refractivity contribution in [3.63, 3.8) is 0 Å². The van der Waals surface area contributed by atoms with E-state index in [2.05, 4.69) is 0 Å². The second kappa shape index (κ2) is 7.66. The molecule has 146 valence electrons. The highest BCUT2D eigenvalue weighted by Gasteiger charge is 2.43. The van der Waals surface area contributed by atoms with Gasteiger partial charge in [-0.15, -0.1) is 0 Å². The fourth-order valence-corrected chi connectivity index (χ4v) is 4.84. The Balaban J connectivity index is 1.81. The highest BCUT2D eigenvalue weighted by Crippen LogP contribution is 2.47. The molecule has 4 rings (SSSR count). The highest BCUT2D eigenvalue weighted by atomic mass is 16.5. The number of amides is 1. The highest BCUT2D eigenvalue weighted by molar-refractivity contribution is 5.85. The molecule has 0 saturated heterocycles. The Kier molecular flexibility index (Phi) is 5.07. The number of methoxy groups -OCH3 is 1. The molecule has 0 aromatic heterocycles. The van der Waals surface area contributed by atoms with Crippen molar-refractivity contribution in [1.82, 2.24) is 4.90 Å². The molecule has 1 fully saturated rings. The lowest BCUT2D eigenvalue weighted by Gasteiger charge is -2.35. The molecular formula is C23H25NO4. The van der Waals surface area contributed by atoms with Gasteiger partial charge in [0.1, 0.15) is 6.04 Å². The van der Waals surface area contributed by atoms with Crippen LogP contribution in [0.5, 0.6) is 0 Å². The van der Waals surface area contributed by atoms with Crippen molar-refractivity contribution in [3.8, 4) is 11.1 Å². The quantitative estimate of drug-likeness (QED) is 0.806. The number of hydrogen-bond donors (Lipinski definition) is 1. The Morgan fingerprint density at radius 2 is 1.57 bits per heavy atom.